The summed E-state index contributed by atoms with van der Waals surface area (Å²) in [6.45, 7) is 8.55. The highest BCUT2D eigenvalue weighted by Gasteiger charge is 2.25. The number of nitrogens with zero attached hydrogens (tertiary/aromatic N) is 2. The predicted octanol–water partition coefficient (Wildman–Crippen LogP) is 2.78. The van der Waals surface area contributed by atoms with Crippen LogP contribution >= 0.6 is 11.6 Å². The van der Waals surface area contributed by atoms with E-state index < -0.39 is 0 Å². The van der Waals surface area contributed by atoms with Gasteiger partial charge in [0, 0.05) is 66.8 Å². The molecule has 3 N–H and O–H groups in total. The highest BCUT2D eigenvalue weighted by molar-refractivity contribution is 6.31. The maximum atomic E-state index is 13.0. The molecule has 2 heterocycles. The Morgan fingerprint density at radius 2 is 1.94 bits per heavy atom. The molecular formula is C24H33ClN4O3. The molecule has 1 aromatic heterocycles. The first-order valence-electron chi connectivity index (χ1n) is 11.0. The smallest absolute Gasteiger partial charge is 0.253 e. The fraction of sp³-hybridized carbons (Fsp3) is 0.500. The van der Waals surface area contributed by atoms with E-state index >= 15 is 0 Å². The van der Waals surface area contributed by atoms with Crippen molar-refractivity contribution in [1.82, 2.24) is 15.2 Å². The lowest BCUT2D eigenvalue weighted by Crippen LogP contribution is -2.44. The Morgan fingerprint density at radius 1 is 1.25 bits per heavy atom. The van der Waals surface area contributed by atoms with Crippen LogP contribution in [0.15, 0.2) is 23.0 Å². The number of H-pyrrole nitrogens is 1. The molecule has 1 aromatic carbocycles. The Kier molecular flexibility index (Phi) is 7.98. The van der Waals surface area contributed by atoms with Crippen molar-refractivity contribution in [2.75, 3.05) is 38.2 Å². The van der Waals surface area contributed by atoms with Gasteiger partial charge >= 0.3 is 0 Å². The number of carbonyl (C=O) groups excluding carboxylic acids is 1. The molecule has 0 unspecified atom stereocenters. The lowest BCUT2D eigenvalue weighted by molar-refractivity contribution is 0.0950. The molecule has 0 atom stereocenters. The van der Waals surface area contributed by atoms with Crippen LogP contribution in [0.5, 0.6) is 0 Å². The van der Waals surface area contributed by atoms with Crippen molar-refractivity contribution in [3.8, 4) is 0 Å². The number of halogens is 1. The zero-order chi connectivity index (χ0) is 23.4. The van der Waals surface area contributed by atoms with Gasteiger partial charge in [-0.3, -0.25) is 9.59 Å². The van der Waals surface area contributed by atoms with Crippen LogP contribution in [0.25, 0.3) is 0 Å². The zero-order valence-electron chi connectivity index (χ0n) is 19.3. The summed E-state index contributed by atoms with van der Waals surface area (Å²) < 4.78 is 0. The summed E-state index contributed by atoms with van der Waals surface area (Å²) in [5.41, 5.74) is 4.33. The summed E-state index contributed by atoms with van der Waals surface area (Å²) >= 11 is 6.40. The van der Waals surface area contributed by atoms with E-state index in [0.717, 1.165) is 48.4 Å². The normalized spacial score (nSPS) is 15.1. The number of aromatic nitrogens is 1. The molecule has 0 saturated carbocycles. The molecule has 1 aliphatic heterocycles. The number of anilines is 1. The molecular weight excluding hydrogens is 428 g/mol. The maximum Gasteiger partial charge on any atom is 0.253 e. The van der Waals surface area contributed by atoms with Gasteiger partial charge in [0.15, 0.2) is 0 Å². The summed E-state index contributed by atoms with van der Waals surface area (Å²) in [5, 5.41) is 12.5. The number of nitrogens with one attached hydrogen (secondary N) is 2. The van der Waals surface area contributed by atoms with Crippen LogP contribution in [0.3, 0.4) is 0 Å². The van der Waals surface area contributed by atoms with E-state index in [2.05, 4.69) is 20.1 Å². The summed E-state index contributed by atoms with van der Waals surface area (Å²) in [6.07, 6.45) is 1.97. The third kappa shape index (κ3) is 5.52. The van der Waals surface area contributed by atoms with Gasteiger partial charge in [-0.05, 0) is 62.9 Å². The minimum Gasteiger partial charge on any atom is -0.395 e. The van der Waals surface area contributed by atoms with Crippen LogP contribution in [0.2, 0.25) is 5.02 Å². The number of hydrogen-bond donors (Lipinski definition) is 3. The molecule has 0 bridgehead atoms. The lowest BCUT2D eigenvalue weighted by atomic mass is 9.99. The molecule has 32 heavy (non-hydrogen) atoms. The lowest BCUT2D eigenvalue weighted by Gasteiger charge is -2.38. The third-order valence-electron chi connectivity index (χ3n) is 6.41. The molecule has 1 fully saturated rings. The van der Waals surface area contributed by atoms with Gasteiger partial charge in [-0.15, -0.1) is 0 Å². The van der Waals surface area contributed by atoms with Crippen molar-refractivity contribution in [3.05, 3.63) is 61.5 Å². The SMILES string of the molecule is Cc1cc(C)c(CNC(=O)c2cc(Cl)cc(N(C)C3CCN(CCO)CC3)c2C)c(=O)[nH]1. The van der Waals surface area contributed by atoms with Gasteiger partial charge in [0.1, 0.15) is 0 Å². The Hall–Kier alpha value is -2.35. The molecule has 7 nitrogen and oxygen atoms in total. The van der Waals surface area contributed by atoms with Crippen LogP contribution in [-0.4, -0.2) is 60.2 Å². The summed E-state index contributed by atoms with van der Waals surface area (Å²) in [7, 11) is 2.04. The van der Waals surface area contributed by atoms with Gasteiger partial charge in [0.25, 0.3) is 11.5 Å². The second-order valence-corrected chi connectivity index (χ2v) is 9.07. The van der Waals surface area contributed by atoms with Crippen LogP contribution in [0, 0.1) is 20.8 Å². The topological polar surface area (TPSA) is 88.7 Å². The molecule has 1 saturated heterocycles. The van der Waals surface area contributed by atoms with Crippen molar-refractivity contribution in [1.29, 1.82) is 0 Å². The number of aromatic amines is 1. The molecule has 3 rings (SSSR count). The van der Waals surface area contributed by atoms with Crippen LogP contribution < -0.4 is 15.8 Å². The Balaban J connectivity index is 1.76. The Labute approximate surface area is 194 Å². The zero-order valence-corrected chi connectivity index (χ0v) is 20.1. The molecule has 0 spiro atoms. The second-order valence-electron chi connectivity index (χ2n) is 8.63. The van der Waals surface area contributed by atoms with E-state index in [0.29, 0.717) is 28.7 Å². The van der Waals surface area contributed by atoms with E-state index in [4.69, 9.17) is 16.7 Å². The van der Waals surface area contributed by atoms with E-state index in [1.807, 2.05) is 40.0 Å². The number of benzene rings is 1. The minimum absolute atomic E-state index is 0.153. The molecule has 2 aromatic rings. The van der Waals surface area contributed by atoms with Gasteiger partial charge in [-0.25, -0.2) is 0 Å². The fourth-order valence-electron chi connectivity index (χ4n) is 4.50. The number of aliphatic hydroxyl groups excluding tert-OH is 1. The number of likely N-dealkylation sites (tertiary alicyclic amines) is 1. The number of amides is 1. The summed E-state index contributed by atoms with van der Waals surface area (Å²) in [5.74, 6) is -0.253. The molecule has 1 amide bonds. The van der Waals surface area contributed by atoms with E-state index in [9.17, 15) is 9.59 Å². The van der Waals surface area contributed by atoms with E-state index in [1.54, 1.807) is 6.07 Å². The van der Waals surface area contributed by atoms with Crippen LogP contribution in [0.1, 0.15) is 45.6 Å². The monoisotopic (exact) mass is 460 g/mol. The van der Waals surface area contributed by atoms with Gasteiger partial charge in [0.05, 0.1) is 6.61 Å². The van der Waals surface area contributed by atoms with Crippen molar-refractivity contribution >= 4 is 23.2 Å². The maximum absolute atomic E-state index is 13.0. The molecule has 0 radical (unpaired) electrons. The largest absolute Gasteiger partial charge is 0.395 e. The first kappa shape index (κ1) is 24.3. The number of aryl methyl sites for hydroxylation is 2. The number of aliphatic hydroxyl groups is 1. The van der Waals surface area contributed by atoms with Crippen LogP contribution in [-0.2, 0) is 6.54 Å². The number of carbonyl (C=O) groups is 1. The molecule has 0 aliphatic carbocycles. The van der Waals surface area contributed by atoms with Gasteiger partial charge in [0.2, 0.25) is 0 Å². The van der Waals surface area contributed by atoms with Crippen molar-refractivity contribution in [2.24, 2.45) is 0 Å². The van der Waals surface area contributed by atoms with E-state index in [-0.39, 0.29) is 24.6 Å². The number of hydrogen-bond acceptors (Lipinski definition) is 5. The first-order chi connectivity index (χ1) is 15.2. The Bertz CT molecular complexity index is 1030. The van der Waals surface area contributed by atoms with Crippen molar-refractivity contribution in [3.63, 3.8) is 0 Å². The van der Waals surface area contributed by atoms with Gasteiger partial charge < -0.3 is 25.2 Å². The van der Waals surface area contributed by atoms with E-state index in [1.165, 1.54) is 0 Å². The Morgan fingerprint density at radius 3 is 2.56 bits per heavy atom. The van der Waals surface area contributed by atoms with Crippen molar-refractivity contribution < 1.29 is 9.90 Å². The predicted molar refractivity (Wildman–Crippen MR) is 129 cm³/mol. The first-order valence-corrected chi connectivity index (χ1v) is 11.4. The van der Waals surface area contributed by atoms with Crippen molar-refractivity contribution in [2.45, 2.75) is 46.2 Å². The molecule has 174 valence electrons. The average molecular weight is 461 g/mol. The third-order valence-corrected chi connectivity index (χ3v) is 6.63. The highest BCUT2D eigenvalue weighted by atomic mass is 35.5. The standard InChI is InChI=1S/C24H33ClN4O3/c1-15-11-16(2)27-24(32)21(15)14-26-23(31)20-12-18(25)13-22(17(20)3)28(4)19-5-7-29(8-6-19)9-10-30/h11-13,19,30H,5-10,14H2,1-4H3,(H,26,31)(H,27,32). The summed E-state index contributed by atoms with van der Waals surface area (Å²) in [6, 6.07) is 5.82. The number of piperidine rings is 1. The van der Waals surface area contributed by atoms with Crippen LogP contribution in [0.4, 0.5) is 5.69 Å². The molecule has 1 aliphatic rings. The average Bonchev–Trinajstić information content (AvgIpc) is 2.74. The minimum atomic E-state index is -0.253. The quantitative estimate of drug-likeness (QED) is 0.591. The number of β-amino-alcohol motifs (C(OH)–C–C–N with tert-alkyl or cyclic N) is 1. The second kappa shape index (κ2) is 10.5. The summed E-state index contributed by atoms with van der Waals surface area (Å²) in [4.78, 5) is 32.5. The molecule has 8 heteroatoms. The van der Waals surface area contributed by atoms with Gasteiger partial charge in [-0.1, -0.05) is 11.6 Å². The highest BCUT2D eigenvalue weighted by Crippen LogP contribution is 2.31. The number of pyridine rings is 1. The fourth-order valence-corrected chi connectivity index (χ4v) is 4.71. The van der Waals surface area contributed by atoms with Gasteiger partial charge in [-0.2, -0.15) is 0 Å². The number of rotatable bonds is 7.